The highest BCUT2D eigenvalue weighted by atomic mass is 19.1. The zero-order chi connectivity index (χ0) is 14.5. The number of rotatable bonds is 4. The van der Waals surface area contributed by atoms with Crippen molar-refractivity contribution in [2.24, 2.45) is 10.7 Å². The van der Waals surface area contributed by atoms with E-state index >= 15 is 0 Å². The van der Waals surface area contributed by atoms with E-state index in [-0.39, 0.29) is 17.5 Å². The average Bonchev–Trinajstić information content (AvgIpc) is 2.24. The molecule has 19 heavy (non-hydrogen) atoms. The van der Waals surface area contributed by atoms with Gasteiger partial charge >= 0.3 is 0 Å². The van der Waals surface area contributed by atoms with Gasteiger partial charge in [-0.3, -0.25) is 0 Å². The highest BCUT2D eigenvalue weighted by Crippen LogP contribution is 2.13. The molecule has 0 aliphatic heterocycles. The van der Waals surface area contributed by atoms with Crippen LogP contribution in [0.25, 0.3) is 0 Å². The largest absolute Gasteiger partial charge is 0.489 e. The van der Waals surface area contributed by atoms with E-state index in [1.807, 2.05) is 27.7 Å². The lowest BCUT2D eigenvalue weighted by molar-refractivity contribution is 0.229. The summed E-state index contributed by atoms with van der Waals surface area (Å²) in [6, 6.07) is 6.04. The molecule has 3 N–H and O–H groups in total. The van der Waals surface area contributed by atoms with Gasteiger partial charge in [0.2, 0.25) is 0 Å². The van der Waals surface area contributed by atoms with Crippen LogP contribution in [0.3, 0.4) is 0 Å². The Balaban J connectivity index is 2.47. The first kappa shape index (κ1) is 15.3. The van der Waals surface area contributed by atoms with E-state index < -0.39 is 0 Å². The minimum absolute atomic E-state index is 0.125. The van der Waals surface area contributed by atoms with E-state index in [0.29, 0.717) is 18.3 Å². The Morgan fingerprint density at radius 1 is 1.47 bits per heavy atom. The van der Waals surface area contributed by atoms with Gasteiger partial charge in [-0.1, -0.05) is 6.07 Å². The molecule has 0 amide bonds. The highest BCUT2D eigenvalue weighted by Gasteiger charge is 2.10. The maximum atomic E-state index is 13.0. The minimum atomic E-state index is -0.317. The smallest absolute Gasteiger partial charge is 0.189 e. The summed E-state index contributed by atoms with van der Waals surface area (Å²) >= 11 is 0. The van der Waals surface area contributed by atoms with Gasteiger partial charge in [0.1, 0.15) is 17.7 Å². The van der Waals surface area contributed by atoms with Gasteiger partial charge < -0.3 is 15.8 Å². The Labute approximate surface area is 113 Å². The molecule has 0 bridgehead atoms. The van der Waals surface area contributed by atoms with Gasteiger partial charge in [-0.15, -0.1) is 0 Å². The molecule has 0 spiro atoms. The predicted octanol–water partition coefficient (Wildman–Crippen LogP) is 2.30. The van der Waals surface area contributed by atoms with E-state index in [2.05, 4.69) is 10.3 Å². The summed E-state index contributed by atoms with van der Waals surface area (Å²) in [7, 11) is 0. The van der Waals surface area contributed by atoms with Crippen LogP contribution in [0.5, 0.6) is 5.75 Å². The van der Waals surface area contributed by atoms with E-state index in [9.17, 15) is 4.39 Å². The molecule has 0 aliphatic rings. The normalized spacial score (nSPS) is 14.1. The highest BCUT2D eigenvalue weighted by molar-refractivity contribution is 5.78. The number of hydrogen-bond donors (Lipinski definition) is 2. The number of hydrogen-bond acceptors (Lipinski definition) is 2. The molecule has 1 aromatic carbocycles. The average molecular weight is 267 g/mol. The maximum absolute atomic E-state index is 13.0. The molecule has 1 atom stereocenters. The monoisotopic (exact) mass is 267 g/mol. The third kappa shape index (κ3) is 6.64. The van der Waals surface area contributed by atoms with Crippen molar-refractivity contribution in [1.29, 1.82) is 0 Å². The maximum Gasteiger partial charge on any atom is 0.189 e. The predicted molar refractivity (Wildman–Crippen MR) is 75.9 cm³/mol. The first-order chi connectivity index (χ1) is 8.76. The fourth-order valence-electron chi connectivity index (χ4n) is 1.46. The van der Waals surface area contributed by atoms with Gasteiger partial charge in [0.05, 0.1) is 6.54 Å². The van der Waals surface area contributed by atoms with Crippen molar-refractivity contribution in [3.05, 3.63) is 30.1 Å². The number of nitrogens with zero attached hydrogens (tertiary/aromatic N) is 1. The second-order valence-electron chi connectivity index (χ2n) is 5.49. The number of nitrogens with one attached hydrogen (secondary N) is 1. The fraction of sp³-hybridized carbons (Fsp3) is 0.500. The topological polar surface area (TPSA) is 59.6 Å². The van der Waals surface area contributed by atoms with Gasteiger partial charge in [-0.05, 0) is 39.8 Å². The van der Waals surface area contributed by atoms with Crippen LogP contribution in [0, 0.1) is 5.82 Å². The molecule has 1 aromatic rings. The SMILES string of the molecule is CC(CN=C(N)NC(C)(C)C)Oc1cccc(F)c1. The van der Waals surface area contributed by atoms with Crippen molar-refractivity contribution >= 4 is 5.96 Å². The molecule has 0 aromatic heterocycles. The van der Waals surface area contributed by atoms with Crippen LogP contribution in [0.1, 0.15) is 27.7 Å². The molecule has 106 valence electrons. The number of ether oxygens (including phenoxy) is 1. The molecule has 1 rings (SSSR count). The van der Waals surface area contributed by atoms with Crippen LogP contribution in [-0.2, 0) is 0 Å². The molecule has 0 saturated heterocycles. The van der Waals surface area contributed by atoms with Gasteiger partial charge in [0.25, 0.3) is 0 Å². The number of guanidine groups is 1. The summed E-state index contributed by atoms with van der Waals surface area (Å²) in [5.74, 6) is 0.550. The number of benzene rings is 1. The molecular formula is C14H22FN3O. The van der Waals surface area contributed by atoms with Crippen molar-refractivity contribution in [3.63, 3.8) is 0 Å². The van der Waals surface area contributed by atoms with Crippen LogP contribution < -0.4 is 15.8 Å². The lowest BCUT2D eigenvalue weighted by atomic mass is 10.1. The summed E-state index contributed by atoms with van der Waals surface area (Å²) < 4.78 is 18.5. The molecule has 5 heteroatoms. The number of nitrogens with two attached hydrogens (primary N) is 1. The zero-order valence-corrected chi connectivity index (χ0v) is 11.9. The third-order valence-electron chi connectivity index (χ3n) is 2.16. The van der Waals surface area contributed by atoms with Gasteiger partial charge in [0, 0.05) is 11.6 Å². The van der Waals surface area contributed by atoms with E-state index in [1.165, 1.54) is 12.1 Å². The van der Waals surface area contributed by atoms with E-state index in [4.69, 9.17) is 10.5 Å². The molecule has 0 fully saturated rings. The molecule has 0 aliphatic carbocycles. The van der Waals surface area contributed by atoms with Crippen LogP contribution in [0.4, 0.5) is 4.39 Å². The minimum Gasteiger partial charge on any atom is -0.489 e. The summed E-state index contributed by atoms with van der Waals surface area (Å²) in [5, 5.41) is 3.06. The quantitative estimate of drug-likeness (QED) is 0.650. The first-order valence-electron chi connectivity index (χ1n) is 6.26. The van der Waals surface area contributed by atoms with Crippen molar-refractivity contribution in [1.82, 2.24) is 5.32 Å². The van der Waals surface area contributed by atoms with E-state index in [1.54, 1.807) is 12.1 Å². The molecule has 4 nitrogen and oxygen atoms in total. The number of halogens is 1. The fourth-order valence-corrected chi connectivity index (χ4v) is 1.46. The molecule has 0 radical (unpaired) electrons. The van der Waals surface area contributed by atoms with Crippen molar-refractivity contribution in [3.8, 4) is 5.75 Å². The zero-order valence-electron chi connectivity index (χ0n) is 11.9. The molecule has 0 saturated carbocycles. The van der Waals surface area contributed by atoms with Crippen LogP contribution in [0.15, 0.2) is 29.3 Å². The Morgan fingerprint density at radius 3 is 2.74 bits per heavy atom. The Morgan fingerprint density at radius 2 is 2.16 bits per heavy atom. The second kappa shape index (κ2) is 6.41. The van der Waals surface area contributed by atoms with Crippen molar-refractivity contribution in [2.45, 2.75) is 39.3 Å². The number of aliphatic imine (C=N–C) groups is 1. The summed E-state index contributed by atoms with van der Waals surface area (Å²) in [4.78, 5) is 4.19. The molecule has 0 heterocycles. The van der Waals surface area contributed by atoms with Crippen molar-refractivity contribution in [2.75, 3.05) is 6.54 Å². The Hall–Kier alpha value is -1.78. The molecular weight excluding hydrogens is 245 g/mol. The van der Waals surface area contributed by atoms with Crippen LogP contribution in [-0.4, -0.2) is 24.1 Å². The lowest BCUT2D eigenvalue weighted by Gasteiger charge is -2.21. The standard InChI is InChI=1S/C14H22FN3O/c1-10(9-17-13(16)18-14(2,3)4)19-12-7-5-6-11(15)8-12/h5-8,10H,9H2,1-4H3,(H3,16,17,18). The van der Waals surface area contributed by atoms with Gasteiger partial charge in [-0.25, -0.2) is 9.38 Å². The van der Waals surface area contributed by atoms with Crippen LogP contribution in [0.2, 0.25) is 0 Å². The summed E-state index contributed by atoms with van der Waals surface area (Å²) in [5.41, 5.74) is 5.62. The second-order valence-corrected chi connectivity index (χ2v) is 5.49. The third-order valence-corrected chi connectivity index (χ3v) is 2.16. The van der Waals surface area contributed by atoms with Gasteiger partial charge in [0.15, 0.2) is 5.96 Å². The first-order valence-corrected chi connectivity index (χ1v) is 6.26. The Bertz CT molecular complexity index is 441. The summed E-state index contributed by atoms with van der Waals surface area (Å²) in [6.07, 6.45) is -0.179. The van der Waals surface area contributed by atoms with Crippen molar-refractivity contribution < 1.29 is 9.13 Å². The van der Waals surface area contributed by atoms with Gasteiger partial charge in [-0.2, -0.15) is 0 Å². The molecule has 1 unspecified atom stereocenters. The Kier molecular flexibility index (Phi) is 5.15. The summed E-state index contributed by atoms with van der Waals surface area (Å²) in [6.45, 7) is 8.27. The lowest BCUT2D eigenvalue weighted by Crippen LogP contribution is -2.45. The van der Waals surface area contributed by atoms with Crippen LogP contribution >= 0.6 is 0 Å². The van der Waals surface area contributed by atoms with E-state index in [0.717, 1.165) is 0 Å².